The maximum Gasteiger partial charge on any atom is 0.207 e. The number of ether oxygens (including phenoxy) is 1. The molecule has 0 bridgehead atoms. The van der Waals surface area contributed by atoms with E-state index in [1.165, 1.54) is 32.1 Å². The Labute approximate surface area is 103 Å². The molecule has 2 unspecified atom stereocenters. The van der Waals surface area contributed by atoms with E-state index in [2.05, 4.69) is 6.29 Å². The maximum atomic E-state index is 11.2. The van der Waals surface area contributed by atoms with Crippen molar-refractivity contribution in [2.24, 2.45) is 11.8 Å². The van der Waals surface area contributed by atoms with Gasteiger partial charge in [0.1, 0.15) is 6.61 Å². The molecule has 1 aliphatic heterocycles. The van der Waals surface area contributed by atoms with Crippen LogP contribution in [0.25, 0.3) is 0 Å². The Kier molecular flexibility index (Phi) is 5.42. The Bertz CT molecular complexity index is 217. The molecule has 1 heterocycles. The number of hydrogen-bond acceptors (Lipinski definition) is 4. The van der Waals surface area contributed by atoms with Crippen LogP contribution < -0.4 is 0 Å². The minimum atomic E-state index is -0.550. The maximum absolute atomic E-state index is 11.2. The fraction of sp³-hybridized carbons (Fsp3) is 0.923. The second-order valence-corrected chi connectivity index (χ2v) is 4.91. The van der Waals surface area contributed by atoms with Crippen LogP contribution in [0.5, 0.6) is 0 Å². The Morgan fingerprint density at radius 3 is 2.29 bits per heavy atom. The molecule has 2 rings (SSSR count). The average Bonchev–Trinajstić information content (AvgIpc) is 2.34. The lowest BCUT2D eigenvalue weighted by atomic mass is 9.82. The molecule has 4 nitrogen and oxygen atoms in total. The first-order valence-electron chi connectivity index (χ1n) is 6.69. The molecule has 0 spiro atoms. The van der Waals surface area contributed by atoms with Crippen molar-refractivity contribution in [3.05, 3.63) is 0 Å². The Balaban J connectivity index is 1.91. The molecule has 17 heavy (non-hydrogen) atoms. The summed E-state index contributed by atoms with van der Waals surface area (Å²) in [6.07, 6.45) is 9.95. The fourth-order valence-electron chi connectivity index (χ4n) is 2.73. The van der Waals surface area contributed by atoms with Gasteiger partial charge >= 0.3 is 0 Å². The van der Waals surface area contributed by atoms with Crippen LogP contribution in [0.2, 0.25) is 0 Å². The first kappa shape index (κ1) is 13.0. The summed E-state index contributed by atoms with van der Waals surface area (Å²) < 4.78 is 5.45. The number of hydrogen-bond donors (Lipinski definition) is 0. The zero-order valence-electron chi connectivity index (χ0n) is 10.2. The van der Waals surface area contributed by atoms with E-state index in [-0.39, 0.29) is 5.92 Å². The van der Waals surface area contributed by atoms with Crippen LogP contribution in [-0.4, -0.2) is 25.8 Å². The van der Waals surface area contributed by atoms with Crippen molar-refractivity contribution in [2.75, 3.05) is 13.2 Å². The van der Waals surface area contributed by atoms with Gasteiger partial charge in [0.05, 0.1) is 12.5 Å². The fourth-order valence-corrected chi connectivity index (χ4v) is 2.73. The van der Waals surface area contributed by atoms with E-state index in [0.29, 0.717) is 19.1 Å². The standard InChI is InChI=1S/C13H21O4/c14-10-12(13-15-8-9-16-17-13)11-6-4-2-1-3-5-7-11/h11-13H,1-9H2. The van der Waals surface area contributed by atoms with Gasteiger partial charge in [-0.3, -0.25) is 4.79 Å². The van der Waals surface area contributed by atoms with E-state index in [1.54, 1.807) is 0 Å². The highest BCUT2D eigenvalue weighted by Gasteiger charge is 2.34. The molecule has 2 aliphatic rings. The summed E-state index contributed by atoms with van der Waals surface area (Å²) in [7, 11) is 0. The Morgan fingerprint density at radius 1 is 1.00 bits per heavy atom. The third kappa shape index (κ3) is 3.76. The highest BCUT2D eigenvalue weighted by atomic mass is 17.2. The van der Waals surface area contributed by atoms with Crippen LogP contribution in [0.15, 0.2) is 0 Å². The molecular formula is C13H21O4. The molecule has 0 N–H and O–H groups in total. The molecule has 4 heteroatoms. The minimum Gasteiger partial charge on any atom is -0.347 e. The lowest BCUT2D eigenvalue weighted by Gasteiger charge is -2.31. The van der Waals surface area contributed by atoms with Crippen molar-refractivity contribution in [3.63, 3.8) is 0 Å². The van der Waals surface area contributed by atoms with Crippen molar-refractivity contribution < 1.29 is 19.3 Å². The Hall–Kier alpha value is -0.450. The second-order valence-electron chi connectivity index (χ2n) is 4.91. The Morgan fingerprint density at radius 2 is 1.71 bits per heavy atom. The zero-order valence-corrected chi connectivity index (χ0v) is 10.2. The molecular weight excluding hydrogens is 220 g/mol. The summed E-state index contributed by atoms with van der Waals surface area (Å²) in [6.45, 7) is 0.933. The summed E-state index contributed by atoms with van der Waals surface area (Å²) in [5, 5.41) is 0. The van der Waals surface area contributed by atoms with Gasteiger partial charge in [-0.1, -0.05) is 32.1 Å². The SMILES string of the molecule is O=[C]C(C1CCCCCCC1)C1OCCOO1. The predicted molar refractivity (Wildman–Crippen MR) is 61.8 cm³/mol. The molecule has 0 aromatic carbocycles. The van der Waals surface area contributed by atoms with E-state index >= 15 is 0 Å². The normalized spacial score (nSPS) is 30.2. The lowest BCUT2D eigenvalue weighted by Crippen LogP contribution is -2.38. The van der Waals surface area contributed by atoms with Crippen molar-refractivity contribution >= 4 is 6.29 Å². The molecule has 0 amide bonds. The van der Waals surface area contributed by atoms with Gasteiger partial charge in [-0.05, 0) is 18.8 Å². The highest BCUT2D eigenvalue weighted by molar-refractivity contribution is 5.55. The monoisotopic (exact) mass is 241 g/mol. The van der Waals surface area contributed by atoms with Gasteiger partial charge in [0.15, 0.2) is 0 Å². The zero-order chi connectivity index (χ0) is 11.9. The molecule has 1 saturated carbocycles. The highest BCUT2D eigenvalue weighted by Crippen LogP contribution is 2.31. The van der Waals surface area contributed by atoms with Crippen molar-refractivity contribution in [1.29, 1.82) is 0 Å². The molecule has 2 fully saturated rings. The predicted octanol–water partition coefficient (Wildman–Crippen LogP) is 2.38. The summed E-state index contributed by atoms with van der Waals surface area (Å²) in [5.41, 5.74) is 0. The van der Waals surface area contributed by atoms with Gasteiger partial charge in [-0.25, -0.2) is 9.78 Å². The summed E-state index contributed by atoms with van der Waals surface area (Å²) in [4.78, 5) is 21.1. The van der Waals surface area contributed by atoms with Gasteiger partial charge in [0, 0.05) is 0 Å². The van der Waals surface area contributed by atoms with Gasteiger partial charge in [-0.15, -0.1) is 0 Å². The van der Waals surface area contributed by atoms with E-state index in [1.807, 2.05) is 0 Å². The largest absolute Gasteiger partial charge is 0.347 e. The van der Waals surface area contributed by atoms with Gasteiger partial charge in [-0.2, -0.15) is 0 Å². The lowest BCUT2D eigenvalue weighted by molar-refractivity contribution is -0.424. The average molecular weight is 241 g/mol. The molecule has 97 valence electrons. The topological polar surface area (TPSA) is 44.8 Å². The van der Waals surface area contributed by atoms with Crippen LogP contribution >= 0.6 is 0 Å². The van der Waals surface area contributed by atoms with Crippen LogP contribution in [0.1, 0.15) is 44.9 Å². The summed E-state index contributed by atoms with van der Waals surface area (Å²) >= 11 is 0. The first-order valence-corrected chi connectivity index (χ1v) is 6.69. The van der Waals surface area contributed by atoms with Gasteiger partial charge < -0.3 is 4.74 Å². The van der Waals surface area contributed by atoms with Crippen LogP contribution in [-0.2, 0) is 19.3 Å². The van der Waals surface area contributed by atoms with E-state index in [0.717, 1.165) is 12.8 Å². The summed E-state index contributed by atoms with van der Waals surface area (Å²) in [6, 6.07) is 0. The van der Waals surface area contributed by atoms with E-state index in [9.17, 15) is 4.79 Å². The van der Waals surface area contributed by atoms with Gasteiger partial charge in [0.2, 0.25) is 12.6 Å². The van der Waals surface area contributed by atoms with Gasteiger partial charge in [0.25, 0.3) is 0 Å². The molecule has 1 saturated heterocycles. The summed E-state index contributed by atoms with van der Waals surface area (Å²) in [5.74, 6) is 0.0351. The third-order valence-electron chi connectivity index (χ3n) is 3.70. The van der Waals surface area contributed by atoms with Crippen LogP contribution in [0, 0.1) is 11.8 Å². The van der Waals surface area contributed by atoms with Crippen molar-refractivity contribution in [2.45, 2.75) is 51.2 Å². The third-order valence-corrected chi connectivity index (χ3v) is 3.70. The van der Waals surface area contributed by atoms with Crippen LogP contribution in [0.3, 0.4) is 0 Å². The van der Waals surface area contributed by atoms with Crippen molar-refractivity contribution in [3.8, 4) is 0 Å². The molecule has 1 radical (unpaired) electrons. The quantitative estimate of drug-likeness (QED) is 0.712. The smallest absolute Gasteiger partial charge is 0.207 e. The molecule has 1 aliphatic carbocycles. The number of rotatable bonds is 3. The first-order chi connectivity index (χ1) is 8.42. The second kappa shape index (κ2) is 7.09. The van der Waals surface area contributed by atoms with Crippen LogP contribution in [0.4, 0.5) is 0 Å². The molecule has 2 atom stereocenters. The molecule has 0 aromatic rings. The van der Waals surface area contributed by atoms with E-state index in [4.69, 9.17) is 14.5 Å². The molecule has 0 aromatic heterocycles. The van der Waals surface area contributed by atoms with E-state index < -0.39 is 6.29 Å². The van der Waals surface area contributed by atoms with Crippen molar-refractivity contribution in [1.82, 2.24) is 0 Å². The number of carbonyl (C=O) groups excluding carboxylic acids is 1. The minimum absolute atomic E-state index is 0.298.